The van der Waals surface area contributed by atoms with Crippen LogP contribution in [0.3, 0.4) is 0 Å². The van der Waals surface area contributed by atoms with E-state index in [0.717, 1.165) is 60.9 Å². The molecule has 5 rings (SSSR count). The van der Waals surface area contributed by atoms with Crippen molar-refractivity contribution in [3.8, 4) is 0 Å². The summed E-state index contributed by atoms with van der Waals surface area (Å²) in [5.74, 6) is 0.647. The highest BCUT2D eigenvalue weighted by Gasteiger charge is 2.49. The molecule has 0 unspecified atom stereocenters. The fourth-order valence-electron chi connectivity index (χ4n) is 5.06. The van der Waals surface area contributed by atoms with Crippen LogP contribution in [0.1, 0.15) is 31.1 Å². The summed E-state index contributed by atoms with van der Waals surface area (Å²) >= 11 is 1.09. The number of carbonyl (C=O) groups excluding carboxylic acids is 1. The highest BCUT2D eigenvalue weighted by atomic mass is 32.1. The molecule has 2 fully saturated rings. The molecule has 1 spiro atoms. The predicted molar refractivity (Wildman–Crippen MR) is 124 cm³/mol. The molecule has 2 aliphatic rings. The summed E-state index contributed by atoms with van der Waals surface area (Å²) in [7, 11) is 0. The standard InChI is InChI=1S/C23H24F3N5OS/c1-14(32)29-15-2-4-16(5-3-15)30-17-9-22(10-17)6-7-31(12-22)20-19-8-18(11-23(24,25)26)33-21(19)28-13-27-20/h2-5,8,13,17,30H,6-7,9-12H2,1H3,(H,29,32). The van der Waals surface area contributed by atoms with Gasteiger partial charge in [0, 0.05) is 42.3 Å². The molecule has 1 amide bonds. The number of carbonyl (C=O) groups is 1. The van der Waals surface area contributed by atoms with Gasteiger partial charge in [-0.05, 0) is 55.0 Å². The van der Waals surface area contributed by atoms with E-state index in [1.54, 1.807) is 6.07 Å². The molecule has 1 saturated heterocycles. The van der Waals surface area contributed by atoms with Crippen molar-refractivity contribution in [1.82, 2.24) is 9.97 Å². The number of fused-ring (bicyclic) bond motifs is 1. The Morgan fingerprint density at radius 1 is 1.21 bits per heavy atom. The van der Waals surface area contributed by atoms with E-state index in [-0.39, 0.29) is 16.2 Å². The molecular weight excluding hydrogens is 451 g/mol. The third-order valence-corrected chi connectivity index (χ3v) is 7.45. The smallest absolute Gasteiger partial charge is 0.382 e. The Morgan fingerprint density at radius 3 is 2.64 bits per heavy atom. The fraction of sp³-hybridized carbons (Fsp3) is 0.435. The van der Waals surface area contributed by atoms with Crippen LogP contribution in [0.4, 0.5) is 30.4 Å². The second-order valence-corrected chi connectivity index (χ2v) is 10.2. The third kappa shape index (κ3) is 4.75. The molecule has 1 saturated carbocycles. The van der Waals surface area contributed by atoms with Gasteiger partial charge in [-0.1, -0.05) is 0 Å². The molecule has 0 atom stereocenters. The maximum atomic E-state index is 12.8. The number of hydrogen-bond acceptors (Lipinski definition) is 6. The Morgan fingerprint density at radius 2 is 1.94 bits per heavy atom. The molecule has 2 aromatic heterocycles. The summed E-state index contributed by atoms with van der Waals surface area (Å²) in [5, 5.41) is 7.03. The highest BCUT2D eigenvalue weighted by Crippen LogP contribution is 2.50. The second-order valence-electron chi connectivity index (χ2n) is 9.10. The number of nitrogens with one attached hydrogen (secondary N) is 2. The van der Waals surface area contributed by atoms with Gasteiger partial charge in [0.25, 0.3) is 0 Å². The summed E-state index contributed by atoms with van der Waals surface area (Å²) in [5.41, 5.74) is 2.00. The Kier molecular flexibility index (Phi) is 5.43. The van der Waals surface area contributed by atoms with E-state index in [9.17, 15) is 18.0 Å². The zero-order valence-corrected chi connectivity index (χ0v) is 18.9. The number of alkyl halides is 3. The number of thiophene rings is 1. The van der Waals surface area contributed by atoms with Gasteiger partial charge in [-0.15, -0.1) is 11.3 Å². The lowest BCUT2D eigenvalue weighted by molar-refractivity contribution is -0.126. The van der Waals surface area contributed by atoms with E-state index in [1.165, 1.54) is 13.3 Å². The molecule has 0 bridgehead atoms. The van der Waals surface area contributed by atoms with Crippen molar-refractivity contribution >= 4 is 44.7 Å². The Labute approximate surface area is 193 Å². The molecule has 0 radical (unpaired) electrons. The van der Waals surface area contributed by atoms with Crippen LogP contribution in [0.2, 0.25) is 0 Å². The van der Waals surface area contributed by atoms with Crippen molar-refractivity contribution in [1.29, 1.82) is 0 Å². The lowest BCUT2D eigenvalue weighted by Crippen LogP contribution is -2.46. The number of benzene rings is 1. The minimum Gasteiger partial charge on any atom is -0.382 e. The molecule has 10 heteroatoms. The summed E-state index contributed by atoms with van der Waals surface area (Å²) in [6.07, 6.45) is -0.604. The minimum absolute atomic E-state index is 0.0950. The molecule has 1 aliphatic heterocycles. The van der Waals surface area contributed by atoms with Crippen molar-refractivity contribution < 1.29 is 18.0 Å². The molecule has 3 heterocycles. The van der Waals surface area contributed by atoms with Crippen LogP contribution in [0.15, 0.2) is 36.7 Å². The third-order valence-electron chi connectivity index (χ3n) is 6.41. The van der Waals surface area contributed by atoms with Gasteiger partial charge < -0.3 is 15.5 Å². The van der Waals surface area contributed by atoms with Gasteiger partial charge in [0.2, 0.25) is 5.91 Å². The average Bonchev–Trinajstić information content (AvgIpc) is 3.31. The lowest BCUT2D eigenvalue weighted by Gasteiger charge is -2.46. The Hall–Kier alpha value is -2.88. The first-order valence-corrected chi connectivity index (χ1v) is 11.7. The number of hydrogen-bond donors (Lipinski definition) is 2. The fourth-order valence-corrected chi connectivity index (χ4v) is 6.08. The normalized spacial score (nSPS) is 22.5. The van der Waals surface area contributed by atoms with Crippen molar-refractivity contribution in [3.05, 3.63) is 41.5 Å². The van der Waals surface area contributed by atoms with Crippen molar-refractivity contribution in [3.63, 3.8) is 0 Å². The van der Waals surface area contributed by atoms with Crippen LogP contribution < -0.4 is 15.5 Å². The van der Waals surface area contributed by atoms with E-state index in [2.05, 4.69) is 25.5 Å². The van der Waals surface area contributed by atoms with E-state index < -0.39 is 12.6 Å². The number of halogens is 3. The molecule has 33 heavy (non-hydrogen) atoms. The monoisotopic (exact) mass is 475 g/mol. The molecule has 1 aliphatic carbocycles. The maximum Gasteiger partial charge on any atom is 0.393 e. The van der Waals surface area contributed by atoms with E-state index in [4.69, 9.17) is 0 Å². The quantitative estimate of drug-likeness (QED) is 0.529. The second kappa shape index (κ2) is 8.16. The zero-order valence-electron chi connectivity index (χ0n) is 18.1. The van der Waals surface area contributed by atoms with Gasteiger partial charge in [-0.3, -0.25) is 4.79 Å². The molecule has 3 aromatic rings. The molecule has 6 nitrogen and oxygen atoms in total. The summed E-state index contributed by atoms with van der Waals surface area (Å²) in [6.45, 7) is 3.18. The van der Waals surface area contributed by atoms with Gasteiger partial charge in [0.15, 0.2) is 0 Å². The van der Waals surface area contributed by atoms with Crippen LogP contribution in [0.25, 0.3) is 10.2 Å². The minimum atomic E-state index is -4.23. The number of rotatable bonds is 5. The van der Waals surface area contributed by atoms with Crippen LogP contribution in [-0.2, 0) is 11.2 Å². The van der Waals surface area contributed by atoms with Crippen molar-refractivity contribution in [2.24, 2.45) is 5.41 Å². The van der Waals surface area contributed by atoms with Crippen LogP contribution in [0, 0.1) is 5.41 Å². The van der Waals surface area contributed by atoms with E-state index in [1.807, 2.05) is 24.3 Å². The van der Waals surface area contributed by atoms with Gasteiger partial charge in [-0.25, -0.2) is 9.97 Å². The lowest BCUT2D eigenvalue weighted by atomic mass is 9.65. The molecule has 1 aromatic carbocycles. The van der Waals surface area contributed by atoms with Crippen LogP contribution in [-0.4, -0.2) is 41.2 Å². The van der Waals surface area contributed by atoms with Gasteiger partial charge >= 0.3 is 6.18 Å². The average molecular weight is 476 g/mol. The first-order chi connectivity index (χ1) is 15.7. The van der Waals surface area contributed by atoms with Crippen molar-refractivity contribution in [2.75, 3.05) is 28.6 Å². The largest absolute Gasteiger partial charge is 0.393 e. The van der Waals surface area contributed by atoms with Gasteiger partial charge in [0.05, 0.1) is 11.8 Å². The number of aromatic nitrogens is 2. The summed E-state index contributed by atoms with van der Waals surface area (Å²) in [4.78, 5) is 22.9. The summed E-state index contributed by atoms with van der Waals surface area (Å²) < 4.78 is 38.5. The zero-order chi connectivity index (χ0) is 23.2. The SMILES string of the molecule is CC(=O)Nc1ccc(NC2CC3(CCN(c4ncnc5sc(CC(F)(F)F)cc45)C3)C2)cc1. The molecule has 174 valence electrons. The van der Waals surface area contributed by atoms with Crippen molar-refractivity contribution in [2.45, 2.75) is 44.8 Å². The maximum absolute atomic E-state index is 12.8. The number of anilines is 3. The van der Waals surface area contributed by atoms with Gasteiger partial charge in [0.1, 0.15) is 17.0 Å². The predicted octanol–water partition coefficient (Wildman–Crippen LogP) is 5.23. The first kappa shape index (κ1) is 21.9. The topological polar surface area (TPSA) is 70.2 Å². The summed E-state index contributed by atoms with van der Waals surface area (Å²) in [6, 6.07) is 9.66. The van der Waals surface area contributed by atoms with E-state index >= 15 is 0 Å². The van der Waals surface area contributed by atoms with Gasteiger partial charge in [-0.2, -0.15) is 13.2 Å². The molecular formula is C23H24F3N5OS. The van der Waals surface area contributed by atoms with Crippen LogP contribution in [0.5, 0.6) is 0 Å². The Balaban J connectivity index is 1.22. The molecule has 2 N–H and O–H groups in total. The Bertz CT molecular complexity index is 1170. The highest BCUT2D eigenvalue weighted by molar-refractivity contribution is 7.18. The number of amides is 1. The van der Waals surface area contributed by atoms with E-state index in [0.29, 0.717) is 16.3 Å². The first-order valence-electron chi connectivity index (χ1n) is 10.9. The number of nitrogens with zero attached hydrogens (tertiary/aromatic N) is 3. The van der Waals surface area contributed by atoms with Crippen LogP contribution >= 0.6 is 11.3 Å².